The molecule has 0 unspecified atom stereocenters. The Kier molecular flexibility index (Phi) is 6.58. The second-order valence-corrected chi connectivity index (χ2v) is 15.1. The number of Topliss-reactive ketones (excluding diaryl/α,β-unsaturated/α-hetero) is 1. The van der Waals surface area contributed by atoms with E-state index in [0.717, 1.165) is 31.0 Å². The Balaban J connectivity index is 1.70. The molecule has 0 spiro atoms. The van der Waals surface area contributed by atoms with E-state index in [4.69, 9.17) is 9.97 Å². The van der Waals surface area contributed by atoms with E-state index in [1.165, 1.54) is 34.8 Å². The first kappa shape index (κ1) is 26.8. The molecule has 0 saturated carbocycles. The fourth-order valence-electron chi connectivity index (χ4n) is 5.34. The maximum Gasteiger partial charge on any atom is 0.454 e. The summed E-state index contributed by atoms with van der Waals surface area (Å²) in [5.41, 5.74) is 1.07. The first-order valence-electron chi connectivity index (χ1n) is 13.0. The van der Waals surface area contributed by atoms with Gasteiger partial charge in [0.25, 0.3) is 5.78 Å². The lowest BCUT2D eigenvalue weighted by molar-refractivity contribution is -0.166. The Hall–Kier alpha value is -4.10. The number of allylic oxidation sites excluding steroid dienone is 3. The minimum absolute atomic E-state index is 0.423. The van der Waals surface area contributed by atoms with Crippen molar-refractivity contribution in [2.24, 2.45) is 0 Å². The predicted molar refractivity (Wildman–Crippen MR) is 170 cm³/mol. The van der Waals surface area contributed by atoms with E-state index in [2.05, 4.69) is 0 Å². The number of rotatable bonds is 5. The first-order valence-corrected chi connectivity index (χ1v) is 16.4. The first-order chi connectivity index (χ1) is 20.4. The van der Waals surface area contributed by atoms with Crippen LogP contribution in [0.15, 0.2) is 127 Å². The number of carbonyl (C=O) groups excluding carboxylic acids is 1. The number of nitrogens with zero attached hydrogens (tertiary/aromatic N) is 2. The largest absolute Gasteiger partial charge is 0.454 e. The van der Waals surface area contributed by atoms with E-state index < -0.39 is 24.4 Å². The van der Waals surface area contributed by atoms with E-state index in [1.807, 2.05) is 109 Å². The topological polar surface area (TPSA) is 42.9 Å². The highest BCUT2D eigenvalue weighted by Gasteiger charge is 2.44. The van der Waals surface area contributed by atoms with Crippen molar-refractivity contribution in [2.75, 3.05) is 0 Å². The molecule has 3 nitrogen and oxygen atoms in total. The van der Waals surface area contributed by atoms with Crippen molar-refractivity contribution in [3.05, 3.63) is 137 Å². The second kappa shape index (κ2) is 10.3. The van der Waals surface area contributed by atoms with Gasteiger partial charge >= 0.3 is 6.18 Å². The number of ketones is 1. The van der Waals surface area contributed by atoms with Crippen LogP contribution in [0.1, 0.15) is 10.0 Å². The van der Waals surface area contributed by atoms with Gasteiger partial charge in [-0.15, -0.1) is 22.7 Å². The third-order valence-electron chi connectivity index (χ3n) is 7.14. The van der Waals surface area contributed by atoms with Crippen LogP contribution >= 0.6 is 29.6 Å². The summed E-state index contributed by atoms with van der Waals surface area (Å²) >= 11 is 2.83. The van der Waals surface area contributed by atoms with Crippen LogP contribution in [-0.2, 0) is 4.79 Å². The Bertz CT molecular complexity index is 2000. The number of hydrogen-bond acceptors (Lipinski definition) is 5. The van der Waals surface area contributed by atoms with Crippen LogP contribution in [0.5, 0.6) is 0 Å². The quantitative estimate of drug-likeness (QED) is 0.184. The zero-order valence-corrected chi connectivity index (χ0v) is 24.3. The number of alkyl halides is 3. The van der Waals surface area contributed by atoms with Gasteiger partial charge in [0, 0.05) is 16.2 Å². The van der Waals surface area contributed by atoms with Gasteiger partial charge < -0.3 is 0 Å². The molecule has 0 N–H and O–H groups in total. The van der Waals surface area contributed by atoms with Crippen molar-refractivity contribution >= 4 is 77.0 Å². The number of thiazole rings is 2. The van der Waals surface area contributed by atoms with Gasteiger partial charge in [-0.2, -0.15) is 13.2 Å². The summed E-state index contributed by atoms with van der Waals surface area (Å²) in [6.45, 7) is -2.92. The molecule has 206 valence electrons. The number of para-hydroxylation sites is 2. The molecule has 7 rings (SSSR count). The molecule has 9 heteroatoms. The number of halogens is 3. The van der Waals surface area contributed by atoms with Crippen molar-refractivity contribution in [3.63, 3.8) is 0 Å². The molecule has 2 aromatic heterocycles. The van der Waals surface area contributed by atoms with E-state index in [9.17, 15) is 18.0 Å². The third-order valence-corrected chi connectivity index (χ3v) is 13.9. The molecule has 0 fully saturated rings. The van der Waals surface area contributed by atoms with Crippen LogP contribution in [-0.4, -0.2) is 27.2 Å². The average molecular weight is 613 g/mol. The average Bonchev–Trinajstić information content (AvgIpc) is 3.65. The number of carbonyl (C=O) groups is 1. The molecule has 1 aliphatic rings. The summed E-state index contributed by atoms with van der Waals surface area (Å²) in [6.07, 6.45) is -2.19. The number of aromatic nitrogens is 2. The predicted octanol–water partition coefficient (Wildman–Crippen LogP) is 8.21. The Morgan fingerprint density at radius 3 is 1.62 bits per heavy atom. The van der Waals surface area contributed by atoms with Gasteiger partial charge in [0.2, 0.25) is 0 Å². The molecular weight excluding hydrogens is 592 g/mol. The highest BCUT2D eigenvalue weighted by atomic mass is 32.1. The fraction of sp³-hybridized carbons (Fsp3) is 0.0303. The van der Waals surface area contributed by atoms with Crippen LogP contribution in [0.25, 0.3) is 25.7 Å². The molecule has 1 aliphatic heterocycles. The summed E-state index contributed by atoms with van der Waals surface area (Å²) in [4.78, 5) is 22.8. The van der Waals surface area contributed by atoms with Crippen molar-refractivity contribution in [3.8, 4) is 0 Å². The maximum atomic E-state index is 14.0. The van der Waals surface area contributed by atoms with E-state index in [0.29, 0.717) is 20.6 Å². The minimum atomic E-state index is -5.04. The lowest BCUT2D eigenvalue weighted by Crippen LogP contribution is -2.29. The van der Waals surface area contributed by atoms with Crippen LogP contribution in [0.2, 0.25) is 0 Å². The molecular formula is C33H20F3N2OPS2. The van der Waals surface area contributed by atoms with Gasteiger partial charge in [-0.05, 0) is 53.9 Å². The van der Waals surface area contributed by atoms with Crippen LogP contribution in [0, 0.1) is 0 Å². The monoisotopic (exact) mass is 612 g/mol. The Labute approximate surface area is 247 Å². The number of hydrogen-bond donors (Lipinski definition) is 0. The molecule has 0 atom stereocenters. The Morgan fingerprint density at radius 1 is 0.619 bits per heavy atom. The normalized spacial score (nSPS) is 15.1. The minimum Gasteiger partial charge on any atom is -0.284 e. The number of benzene rings is 4. The SMILES string of the molecule is O=C(C1=CC(c2nc3ccccc3s2)=P(c2ccccc2)(c2ccccc2)C(c2nc3ccccc3s2)=C1)C(F)(F)F. The van der Waals surface area contributed by atoms with E-state index >= 15 is 0 Å². The lowest BCUT2D eigenvalue weighted by Gasteiger charge is -2.35. The van der Waals surface area contributed by atoms with Crippen molar-refractivity contribution in [1.29, 1.82) is 0 Å². The second-order valence-electron chi connectivity index (χ2n) is 9.66. The van der Waals surface area contributed by atoms with Gasteiger partial charge in [-0.25, -0.2) is 9.97 Å². The molecule has 6 aromatic rings. The smallest absolute Gasteiger partial charge is 0.284 e. The summed E-state index contributed by atoms with van der Waals surface area (Å²) < 4.78 is 43.9. The van der Waals surface area contributed by atoms with Crippen LogP contribution in [0.4, 0.5) is 13.2 Å². The molecule has 0 bridgehead atoms. The van der Waals surface area contributed by atoms with Crippen molar-refractivity contribution in [2.45, 2.75) is 6.18 Å². The molecule has 0 radical (unpaired) electrons. The summed E-state index contributed by atoms with van der Waals surface area (Å²) in [7, 11) is 0. The zero-order valence-electron chi connectivity index (χ0n) is 21.7. The highest BCUT2D eigenvalue weighted by Crippen LogP contribution is 2.63. The summed E-state index contributed by atoms with van der Waals surface area (Å²) in [5.74, 6) is -1.89. The molecule has 3 heterocycles. The standard InChI is InChI=1S/C33H20F3N2OPS2/c34-33(35,36)30(39)21-19-26(31-37-24-15-7-9-17-28(24)41-31)40(22-11-3-1-4-12-22,23-13-5-2-6-14-23)27(20-21)32-38-25-16-8-10-18-29(25)42-32/h1-20H. The van der Waals surface area contributed by atoms with Gasteiger partial charge in [-0.3, -0.25) is 4.79 Å². The van der Waals surface area contributed by atoms with Crippen molar-refractivity contribution in [1.82, 2.24) is 9.97 Å². The van der Waals surface area contributed by atoms with Crippen LogP contribution in [0.3, 0.4) is 0 Å². The lowest BCUT2D eigenvalue weighted by atomic mass is 10.1. The fourth-order valence-corrected chi connectivity index (χ4v) is 12.4. The van der Waals surface area contributed by atoms with Gasteiger partial charge in [-0.1, -0.05) is 84.9 Å². The molecule has 42 heavy (non-hydrogen) atoms. The van der Waals surface area contributed by atoms with Crippen molar-refractivity contribution < 1.29 is 18.0 Å². The molecule has 0 saturated heterocycles. The van der Waals surface area contributed by atoms with Gasteiger partial charge in [0.15, 0.2) is 0 Å². The summed E-state index contributed by atoms with van der Waals surface area (Å²) in [5, 5.41) is 4.24. The Morgan fingerprint density at radius 2 is 1.10 bits per heavy atom. The van der Waals surface area contributed by atoms with Gasteiger partial charge in [0.05, 0.1) is 20.4 Å². The highest BCUT2D eigenvalue weighted by molar-refractivity contribution is 7.98. The third kappa shape index (κ3) is 4.38. The summed E-state index contributed by atoms with van der Waals surface area (Å²) in [6, 6.07) is 34.9. The molecule has 0 amide bonds. The molecule has 0 aliphatic carbocycles. The number of fused-ring (bicyclic) bond motifs is 2. The maximum absolute atomic E-state index is 14.0. The van der Waals surface area contributed by atoms with E-state index in [-0.39, 0.29) is 0 Å². The zero-order chi connectivity index (χ0) is 28.9. The van der Waals surface area contributed by atoms with E-state index in [1.54, 1.807) is 0 Å². The van der Waals surface area contributed by atoms with Crippen LogP contribution < -0.4 is 10.6 Å². The van der Waals surface area contributed by atoms with Gasteiger partial charge in [0.1, 0.15) is 10.0 Å². The molecule has 4 aromatic carbocycles.